The molecule has 2 amide bonds. The molecule has 0 aromatic heterocycles. The molecule has 2 aromatic rings. The highest BCUT2D eigenvalue weighted by molar-refractivity contribution is 5.96. The molecule has 1 atom stereocenters. The topological polar surface area (TPSA) is 61.9 Å². The van der Waals surface area contributed by atoms with Gasteiger partial charge in [0.15, 0.2) is 0 Å². The van der Waals surface area contributed by atoms with Crippen LogP contribution in [0.2, 0.25) is 0 Å². The predicted octanol–water partition coefficient (Wildman–Crippen LogP) is 3.11. The van der Waals surface area contributed by atoms with Crippen LogP contribution in [-0.2, 0) is 4.79 Å². The highest BCUT2D eigenvalue weighted by Crippen LogP contribution is 2.24. The van der Waals surface area contributed by atoms with E-state index < -0.39 is 0 Å². The van der Waals surface area contributed by atoms with Crippen molar-refractivity contribution >= 4 is 11.8 Å². The lowest BCUT2D eigenvalue weighted by Crippen LogP contribution is -2.51. The van der Waals surface area contributed by atoms with Crippen LogP contribution in [0, 0.1) is 0 Å². The van der Waals surface area contributed by atoms with Gasteiger partial charge in [-0.15, -0.1) is 0 Å². The smallest absolute Gasteiger partial charge is 0.251 e. The number of carbonyl (C=O) groups is 2. The molecule has 6 nitrogen and oxygen atoms in total. The van der Waals surface area contributed by atoms with Gasteiger partial charge in [0.2, 0.25) is 5.91 Å². The Morgan fingerprint density at radius 2 is 1.80 bits per heavy atom. The van der Waals surface area contributed by atoms with Crippen molar-refractivity contribution in [2.45, 2.75) is 25.8 Å². The first-order valence-corrected chi connectivity index (χ1v) is 10.6. The lowest BCUT2D eigenvalue weighted by molar-refractivity contribution is -0.135. The molecular formula is C24H31N3O3. The first-order valence-electron chi connectivity index (χ1n) is 10.6. The zero-order chi connectivity index (χ0) is 21.3. The Hall–Kier alpha value is -2.86. The average Bonchev–Trinajstić information content (AvgIpc) is 2.78. The molecule has 1 unspecified atom stereocenters. The summed E-state index contributed by atoms with van der Waals surface area (Å²) in [5.41, 5.74) is 1.63. The summed E-state index contributed by atoms with van der Waals surface area (Å²) in [5, 5.41) is 2.77. The second-order valence-electron chi connectivity index (χ2n) is 7.68. The van der Waals surface area contributed by atoms with Crippen LogP contribution >= 0.6 is 0 Å². The summed E-state index contributed by atoms with van der Waals surface area (Å²) in [6, 6.07) is 17.1. The van der Waals surface area contributed by atoms with E-state index in [1.165, 1.54) is 0 Å². The largest absolute Gasteiger partial charge is 0.494 e. The third kappa shape index (κ3) is 5.83. The molecule has 1 saturated heterocycles. The Bertz CT molecular complexity index is 823. The molecule has 1 aliphatic rings. The number of likely N-dealkylation sites (N-methyl/N-ethyl adjacent to an activating group) is 1. The fourth-order valence-corrected chi connectivity index (χ4v) is 3.57. The van der Waals surface area contributed by atoms with E-state index in [9.17, 15) is 9.59 Å². The van der Waals surface area contributed by atoms with Gasteiger partial charge in [0.1, 0.15) is 5.75 Å². The van der Waals surface area contributed by atoms with Gasteiger partial charge in [-0.2, -0.15) is 0 Å². The van der Waals surface area contributed by atoms with Crippen molar-refractivity contribution < 1.29 is 14.3 Å². The quantitative estimate of drug-likeness (QED) is 0.681. The highest BCUT2D eigenvalue weighted by atomic mass is 16.5. The van der Waals surface area contributed by atoms with E-state index in [0.29, 0.717) is 18.7 Å². The highest BCUT2D eigenvalue weighted by Gasteiger charge is 2.30. The molecule has 1 N–H and O–H groups in total. The maximum absolute atomic E-state index is 12.9. The monoisotopic (exact) mass is 409 g/mol. The van der Waals surface area contributed by atoms with Gasteiger partial charge in [0.05, 0.1) is 19.2 Å². The Balaban J connectivity index is 1.56. The maximum Gasteiger partial charge on any atom is 0.251 e. The molecule has 2 aromatic carbocycles. The fourth-order valence-electron chi connectivity index (χ4n) is 3.57. The van der Waals surface area contributed by atoms with Crippen molar-refractivity contribution in [3.05, 3.63) is 65.7 Å². The van der Waals surface area contributed by atoms with Crippen LogP contribution in [0.5, 0.6) is 5.75 Å². The second kappa shape index (κ2) is 10.8. The lowest BCUT2D eigenvalue weighted by Gasteiger charge is -2.40. The number of nitrogens with zero attached hydrogens (tertiary/aromatic N) is 2. The predicted molar refractivity (Wildman–Crippen MR) is 118 cm³/mol. The second-order valence-corrected chi connectivity index (χ2v) is 7.68. The van der Waals surface area contributed by atoms with Crippen LogP contribution < -0.4 is 10.1 Å². The average molecular weight is 410 g/mol. The number of carbonyl (C=O) groups excluding carboxylic acids is 2. The van der Waals surface area contributed by atoms with E-state index in [0.717, 1.165) is 37.2 Å². The van der Waals surface area contributed by atoms with E-state index in [-0.39, 0.29) is 24.4 Å². The molecule has 0 radical (unpaired) electrons. The molecule has 6 heteroatoms. The molecular weight excluding hydrogens is 378 g/mol. The molecule has 0 saturated carbocycles. The number of rotatable bonds is 8. The summed E-state index contributed by atoms with van der Waals surface area (Å²) in [5.74, 6) is 0.429. The van der Waals surface area contributed by atoms with E-state index in [1.807, 2.05) is 35.2 Å². The van der Waals surface area contributed by atoms with Gasteiger partial charge in [-0.1, -0.05) is 43.7 Å². The maximum atomic E-state index is 12.9. The van der Waals surface area contributed by atoms with E-state index in [1.54, 1.807) is 24.3 Å². The van der Waals surface area contributed by atoms with Crippen molar-refractivity contribution in [3.63, 3.8) is 0 Å². The molecule has 0 aliphatic carbocycles. The molecule has 1 fully saturated rings. The first kappa shape index (κ1) is 21.8. The standard InChI is InChI=1S/C24H31N3O3/c1-3-4-16-30-21-12-10-20(11-13-21)24(29)25-17-23(28)27-15-14-26(2)18-22(27)19-8-6-5-7-9-19/h5-13,22H,3-4,14-18H2,1-2H3,(H,25,29). The number of benzene rings is 2. The third-order valence-corrected chi connectivity index (χ3v) is 5.37. The zero-order valence-corrected chi connectivity index (χ0v) is 17.8. The number of ether oxygens (including phenoxy) is 1. The first-order chi connectivity index (χ1) is 14.6. The molecule has 160 valence electrons. The van der Waals surface area contributed by atoms with Crippen LogP contribution in [0.1, 0.15) is 41.7 Å². The van der Waals surface area contributed by atoms with E-state index in [4.69, 9.17) is 4.74 Å². The van der Waals surface area contributed by atoms with Crippen LogP contribution in [0.3, 0.4) is 0 Å². The summed E-state index contributed by atoms with van der Waals surface area (Å²) in [6.07, 6.45) is 2.08. The normalized spacial score (nSPS) is 16.9. The van der Waals surface area contributed by atoms with E-state index in [2.05, 4.69) is 24.2 Å². The van der Waals surface area contributed by atoms with Gasteiger partial charge in [0.25, 0.3) is 5.91 Å². The Morgan fingerprint density at radius 3 is 2.50 bits per heavy atom. The minimum Gasteiger partial charge on any atom is -0.494 e. The summed E-state index contributed by atoms with van der Waals surface area (Å²) in [4.78, 5) is 29.5. The molecule has 1 heterocycles. The Morgan fingerprint density at radius 1 is 1.07 bits per heavy atom. The van der Waals surface area contributed by atoms with Gasteiger partial charge in [-0.25, -0.2) is 0 Å². The SMILES string of the molecule is CCCCOc1ccc(C(=O)NCC(=O)N2CCN(C)CC2c2ccccc2)cc1. The minimum absolute atomic E-state index is 0.00564. The van der Waals surface area contributed by atoms with E-state index >= 15 is 0 Å². The van der Waals surface area contributed by atoms with Gasteiger partial charge < -0.3 is 19.9 Å². The third-order valence-electron chi connectivity index (χ3n) is 5.37. The molecule has 1 aliphatic heterocycles. The minimum atomic E-state index is -0.256. The van der Waals surface area contributed by atoms with Crippen molar-refractivity contribution in [3.8, 4) is 5.75 Å². The molecule has 0 spiro atoms. The van der Waals surface area contributed by atoms with Crippen molar-refractivity contribution in [1.82, 2.24) is 15.1 Å². The van der Waals surface area contributed by atoms with Crippen LogP contribution in [-0.4, -0.2) is 61.4 Å². The van der Waals surface area contributed by atoms with Crippen molar-refractivity contribution in [1.29, 1.82) is 0 Å². The molecule has 0 bridgehead atoms. The van der Waals surface area contributed by atoms with Gasteiger partial charge in [-0.05, 0) is 43.3 Å². The molecule has 3 rings (SSSR count). The number of nitrogens with one attached hydrogen (secondary N) is 1. The summed E-state index contributed by atoms with van der Waals surface area (Å²) in [7, 11) is 2.06. The van der Waals surface area contributed by atoms with Crippen LogP contribution in [0.25, 0.3) is 0 Å². The fraction of sp³-hybridized carbons (Fsp3) is 0.417. The zero-order valence-electron chi connectivity index (χ0n) is 17.8. The number of unbranched alkanes of at least 4 members (excludes halogenated alkanes) is 1. The van der Waals surface area contributed by atoms with Crippen molar-refractivity contribution in [2.24, 2.45) is 0 Å². The van der Waals surface area contributed by atoms with Crippen LogP contribution in [0.15, 0.2) is 54.6 Å². The number of piperazine rings is 1. The number of hydrogen-bond acceptors (Lipinski definition) is 4. The summed E-state index contributed by atoms with van der Waals surface area (Å²) < 4.78 is 5.62. The van der Waals surface area contributed by atoms with Gasteiger partial charge in [0, 0.05) is 25.2 Å². The lowest BCUT2D eigenvalue weighted by atomic mass is 10.0. The molecule has 30 heavy (non-hydrogen) atoms. The summed E-state index contributed by atoms with van der Waals surface area (Å²) in [6.45, 7) is 5.02. The van der Waals surface area contributed by atoms with Gasteiger partial charge >= 0.3 is 0 Å². The summed E-state index contributed by atoms with van der Waals surface area (Å²) >= 11 is 0. The van der Waals surface area contributed by atoms with Crippen LogP contribution in [0.4, 0.5) is 0 Å². The van der Waals surface area contributed by atoms with Gasteiger partial charge in [-0.3, -0.25) is 9.59 Å². The number of hydrogen-bond donors (Lipinski definition) is 1. The Kier molecular flexibility index (Phi) is 7.85. The number of amides is 2. The van der Waals surface area contributed by atoms with Crippen molar-refractivity contribution in [2.75, 3.05) is 39.8 Å². The Labute approximate surface area is 178 Å².